The summed E-state index contributed by atoms with van der Waals surface area (Å²) in [6, 6.07) is 0. The summed E-state index contributed by atoms with van der Waals surface area (Å²) in [7, 11) is 0. The predicted octanol–water partition coefficient (Wildman–Crippen LogP) is 21.3. The van der Waals surface area contributed by atoms with Crippen LogP contribution in [0.2, 0.25) is 0 Å². The second-order valence-electron chi connectivity index (χ2n) is 20.6. The largest absolute Gasteiger partial charge is 0.462 e. The van der Waals surface area contributed by atoms with Crippen LogP contribution in [0.3, 0.4) is 0 Å². The number of allylic oxidation sites excluding steroid dienone is 16. The van der Waals surface area contributed by atoms with Crippen molar-refractivity contribution in [2.24, 2.45) is 0 Å². The van der Waals surface area contributed by atoms with Gasteiger partial charge in [0, 0.05) is 19.3 Å². The molecule has 0 rings (SSSR count). The highest BCUT2D eigenvalue weighted by Crippen LogP contribution is 2.16. The van der Waals surface area contributed by atoms with Crippen molar-refractivity contribution in [2.75, 3.05) is 13.2 Å². The van der Waals surface area contributed by atoms with Crippen molar-refractivity contribution in [1.82, 2.24) is 0 Å². The van der Waals surface area contributed by atoms with Gasteiger partial charge < -0.3 is 14.2 Å². The molecule has 74 heavy (non-hydrogen) atoms. The van der Waals surface area contributed by atoms with Crippen molar-refractivity contribution in [3.8, 4) is 0 Å². The Morgan fingerprint density at radius 2 is 0.527 bits per heavy atom. The summed E-state index contributed by atoms with van der Waals surface area (Å²) in [6.45, 7) is 6.52. The van der Waals surface area contributed by atoms with Gasteiger partial charge in [-0.2, -0.15) is 0 Å². The number of carbonyl (C=O) groups is 3. The highest BCUT2D eigenvalue weighted by Gasteiger charge is 2.19. The summed E-state index contributed by atoms with van der Waals surface area (Å²) in [5.41, 5.74) is 0. The fraction of sp³-hybridized carbons (Fsp3) is 0.721. The Balaban J connectivity index is 4.30. The molecule has 0 spiro atoms. The molecule has 0 aliphatic carbocycles. The fourth-order valence-corrected chi connectivity index (χ4v) is 8.65. The van der Waals surface area contributed by atoms with Crippen LogP contribution in [0.15, 0.2) is 97.2 Å². The van der Waals surface area contributed by atoms with Crippen LogP contribution in [0.4, 0.5) is 0 Å². The number of carbonyl (C=O) groups excluding carboxylic acids is 3. The van der Waals surface area contributed by atoms with E-state index < -0.39 is 6.10 Å². The van der Waals surface area contributed by atoms with Crippen LogP contribution in [-0.4, -0.2) is 37.2 Å². The molecule has 0 aromatic carbocycles. The van der Waals surface area contributed by atoms with Gasteiger partial charge in [-0.1, -0.05) is 272 Å². The zero-order chi connectivity index (χ0) is 53.6. The van der Waals surface area contributed by atoms with Crippen molar-refractivity contribution in [1.29, 1.82) is 0 Å². The maximum atomic E-state index is 12.9. The average Bonchev–Trinajstić information content (AvgIpc) is 3.40. The molecule has 1 atom stereocenters. The van der Waals surface area contributed by atoms with E-state index in [0.29, 0.717) is 19.3 Å². The van der Waals surface area contributed by atoms with E-state index in [2.05, 4.69) is 118 Å². The number of hydrogen-bond donors (Lipinski definition) is 0. The number of rotatable bonds is 56. The van der Waals surface area contributed by atoms with E-state index in [1.807, 2.05) is 0 Å². The Bertz CT molecular complexity index is 1460. The molecule has 0 amide bonds. The minimum Gasteiger partial charge on any atom is -0.462 e. The second-order valence-corrected chi connectivity index (χ2v) is 20.6. The van der Waals surface area contributed by atoms with Gasteiger partial charge >= 0.3 is 17.9 Å². The third-order valence-electron chi connectivity index (χ3n) is 13.3. The smallest absolute Gasteiger partial charge is 0.306 e. The molecule has 0 fully saturated rings. The van der Waals surface area contributed by atoms with Gasteiger partial charge in [-0.15, -0.1) is 0 Å². The quantitative estimate of drug-likeness (QED) is 0.0261. The molecule has 0 radical (unpaired) electrons. The Labute approximate surface area is 457 Å². The van der Waals surface area contributed by atoms with Crippen molar-refractivity contribution in [3.05, 3.63) is 97.2 Å². The van der Waals surface area contributed by atoms with Crippen LogP contribution < -0.4 is 0 Å². The van der Waals surface area contributed by atoms with E-state index in [-0.39, 0.29) is 31.1 Å². The van der Waals surface area contributed by atoms with Crippen molar-refractivity contribution in [2.45, 2.75) is 303 Å². The lowest BCUT2D eigenvalue weighted by molar-refractivity contribution is -0.167. The minimum absolute atomic E-state index is 0.0815. The number of ether oxygens (including phenoxy) is 3. The Kier molecular flexibility index (Phi) is 58.8. The molecule has 1 unspecified atom stereocenters. The number of hydrogen-bond acceptors (Lipinski definition) is 6. The van der Waals surface area contributed by atoms with Gasteiger partial charge in [0.15, 0.2) is 6.10 Å². The predicted molar refractivity (Wildman–Crippen MR) is 320 cm³/mol. The summed E-state index contributed by atoms with van der Waals surface area (Å²) in [5, 5.41) is 0. The molecule has 0 bridgehead atoms. The van der Waals surface area contributed by atoms with E-state index in [4.69, 9.17) is 14.2 Å². The molecule has 0 aliphatic rings. The summed E-state index contributed by atoms with van der Waals surface area (Å²) >= 11 is 0. The van der Waals surface area contributed by atoms with Crippen LogP contribution in [0.5, 0.6) is 0 Å². The lowest BCUT2D eigenvalue weighted by Gasteiger charge is -2.18. The molecular formula is C68H116O6. The maximum Gasteiger partial charge on any atom is 0.306 e. The SMILES string of the molecule is CC/C=C\C/C=C\C/C=C\C/C=C\C/C=C\C/C=C\C/C=C\CCCCCCCCCC(=O)OCC(COC(=O)CCCCCCCCCCCCCCC)OC(=O)CCCCCCC/C=C\CCCCCCC. The monoisotopic (exact) mass is 1030 g/mol. The molecule has 0 saturated carbocycles. The topological polar surface area (TPSA) is 78.9 Å². The van der Waals surface area contributed by atoms with Gasteiger partial charge in [-0.05, 0) is 103 Å². The second kappa shape index (κ2) is 61.9. The third kappa shape index (κ3) is 59.2. The first-order valence-corrected chi connectivity index (χ1v) is 31.2. The molecular weight excluding hydrogens is 913 g/mol. The zero-order valence-corrected chi connectivity index (χ0v) is 48.6. The highest BCUT2D eigenvalue weighted by atomic mass is 16.6. The van der Waals surface area contributed by atoms with E-state index in [0.717, 1.165) is 122 Å². The molecule has 0 aliphatic heterocycles. The van der Waals surface area contributed by atoms with E-state index >= 15 is 0 Å². The van der Waals surface area contributed by atoms with Crippen LogP contribution in [-0.2, 0) is 28.6 Å². The lowest BCUT2D eigenvalue weighted by atomic mass is 10.0. The summed E-state index contributed by atoms with van der Waals surface area (Å²) in [4.78, 5) is 38.2. The number of esters is 3. The van der Waals surface area contributed by atoms with Crippen molar-refractivity contribution >= 4 is 17.9 Å². The molecule has 0 heterocycles. The summed E-state index contributed by atoms with van der Waals surface area (Å²) < 4.78 is 16.9. The van der Waals surface area contributed by atoms with Gasteiger partial charge in [0.25, 0.3) is 0 Å². The molecule has 0 saturated heterocycles. The van der Waals surface area contributed by atoms with Crippen molar-refractivity contribution in [3.63, 3.8) is 0 Å². The van der Waals surface area contributed by atoms with Crippen LogP contribution >= 0.6 is 0 Å². The van der Waals surface area contributed by atoms with Crippen LogP contribution in [0, 0.1) is 0 Å². The Morgan fingerprint density at radius 3 is 0.838 bits per heavy atom. The van der Waals surface area contributed by atoms with Crippen LogP contribution in [0.25, 0.3) is 0 Å². The van der Waals surface area contributed by atoms with Gasteiger partial charge in [-0.3, -0.25) is 14.4 Å². The van der Waals surface area contributed by atoms with Gasteiger partial charge in [-0.25, -0.2) is 0 Å². The first-order chi connectivity index (χ1) is 36.5. The fourth-order valence-electron chi connectivity index (χ4n) is 8.65. The molecule has 6 nitrogen and oxygen atoms in total. The van der Waals surface area contributed by atoms with Crippen LogP contribution in [0.1, 0.15) is 297 Å². The molecule has 0 aromatic heterocycles. The average molecular weight is 1030 g/mol. The van der Waals surface area contributed by atoms with E-state index in [9.17, 15) is 14.4 Å². The summed E-state index contributed by atoms with van der Waals surface area (Å²) in [5.74, 6) is -0.894. The summed E-state index contributed by atoms with van der Waals surface area (Å²) in [6.07, 6.45) is 82.6. The normalized spacial score (nSPS) is 12.7. The Hall–Kier alpha value is -3.67. The molecule has 6 heteroatoms. The van der Waals surface area contributed by atoms with E-state index in [1.165, 1.54) is 135 Å². The van der Waals surface area contributed by atoms with Crippen molar-refractivity contribution < 1.29 is 28.6 Å². The molecule has 0 N–H and O–H groups in total. The first kappa shape index (κ1) is 70.3. The van der Waals surface area contributed by atoms with Gasteiger partial charge in [0.1, 0.15) is 13.2 Å². The lowest BCUT2D eigenvalue weighted by Crippen LogP contribution is -2.30. The standard InChI is InChI=1S/C68H116O6/c1-4-7-10-13-16-19-22-25-27-28-29-30-31-32-33-34-35-36-37-38-39-40-41-44-46-49-52-55-58-61-67(70)73-64-65(63-72-66(69)60-57-54-51-48-45-42-24-21-18-15-12-9-6-3)74-68(71)62-59-56-53-50-47-43-26-23-20-17-14-11-8-5-2/h7,10,16,19,23,25-27,29-30,32-33,35-36,38-39,65H,4-6,8-9,11-15,17-18,20-22,24,28,31,34,37,40-64H2,1-3H3/b10-7-,19-16-,26-23-,27-25-,30-29-,33-32-,36-35-,39-38-. The third-order valence-corrected chi connectivity index (χ3v) is 13.3. The van der Waals surface area contributed by atoms with E-state index in [1.54, 1.807) is 0 Å². The Morgan fingerprint density at radius 1 is 0.284 bits per heavy atom. The highest BCUT2D eigenvalue weighted by molar-refractivity contribution is 5.71. The van der Waals surface area contributed by atoms with Gasteiger partial charge in [0.05, 0.1) is 0 Å². The molecule has 424 valence electrons. The maximum absolute atomic E-state index is 12.9. The number of unbranched alkanes of at least 4 members (excludes halogenated alkanes) is 29. The van der Waals surface area contributed by atoms with Gasteiger partial charge in [0.2, 0.25) is 0 Å². The molecule has 0 aromatic rings. The minimum atomic E-state index is -0.785. The zero-order valence-electron chi connectivity index (χ0n) is 48.6. The first-order valence-electron chi connectivity index (χ1n) is 31.2.